The molecule has 2 amide bonds. The minimum absolute atomic E-state index is 0.178. The normalized spacial score (nSPS) is 18.5. The number of nitrogens with zero attached hydrogens (tertiary/aromatic N) is 6. The van der Waals surface area contributed by atoms with Crippen LogP contribution in [-0.4, -0.2) is 61.1 Å². The number of carbonyl (C=O) groups excluding carboxylic acids is 2. The van der Waals surface area contributed by atoms with Crippen LogP contribution in [0.2, 0.25) is 0 Å². The van der Waals surface area contributed by atoms with E-state index in [-0.39, 0.29) is 5.91 Å². The van der Waals surface area contributed by atoms with E-state index in [1.54, 1.807) is 11.3 Å². The molecule has 2 aromatic heterocycles. The van der Waals surface area contributed by atoms with Crippen molar-refractivity contribution in [2.45, 2.75) is 77.8 Å². The third-order valence-electron chi connectivity index (χ3n) is 8.13. The zero-order valence-electron chi connectivity index (χ0n) is 25.4. The van der Waals surface area contributed by atoms with Crippen LogP contribution in [0.3, 0.4) is 0 Å². The maximum Gasteiger partial charge on any atom is 0.257 e. The third-order valence-corrected chi connectivity index (χ3v) is 9.41. The molecule has 7 rings (SSSR count). The summed E-state index contributed by atoms with van der Waals surface area (Å²) in [4.78, 5) is 31.6. The van der Waals surface area contributed by atoms with E-state index in [9.17, 15) is 9.59 Å². The molecular formula is C33H38N6O4S. The van der Waals surface area contributed by atoms with E-state index in [2.05, 4.69) is 41.1 Å². The van der Waals surface area contributed by atoms with Crippen LogP contribution in [-0.2, 0) is 16.1 Å². The monoisotopic (exact) mass is 614 g/mol. The molecule has 1 aliphatic carbocycles. The Kier molecular flexibility index (Phi) is 9.02. The Hall–Kier alpha value is -4.12. The molecule has 11 heteroatoms. The van der Waals surface area contributed by atoms with Gasteiger partial charge in [-0.2, -0.15) is 4.98 Å². The number of rotatable bonds is 8. The zero-order chi connectivity index (χ0) is 30.6. The van der Waals surface area contributed by atoms with Crippen LogP contribution in [0.5, 0.6) is 11.5 Å². The van der Waals surface area contributed by atoms with Gasteiger partial charge in [0.1, 0.15) is 21.5 Å². The average molecular weight is 615 g/mol. The van der Waals surface area contributed by atoms with Gasteiger partial charge in [0.05, 0.1) is 0 Å². The third kappa shape index (κ3) is 7.15. The van der Waals surface area contributed by atoms with E-state index < -0.39 is 0 Å². The van der Waals surface area contributed by atoms with E-state index in [0.29, 0.717) is 54.1 Å². The molecule has 0 spiro atoms. The maximum atomic E-state index is 12.5. The molecule has 0 bridgehead atoms. The average Bonchev–Trinajstić information content (AvgIpc) is 3.39. The van der Waals surface area contributed by atoms with Crippen LogP contribution in [0.1, 0.15) is 75.8 Å². The van der Waals surface area contributed by atoms with Crippen LogP contribution in [0.25, 0.3) is 22.0 Å². The predicted molar refractivity (Wildman–Crippen MR) is 167 cm³/mol. The van der Waals surface area contributed by atoms with Crippen molar-refractivity contribution in [3.8, 4) is 33.5 Å². The fourth-order valence-corrected chi connectivity index (χ4v) is 6.34. The van der Waals surface area contributed by atoms with E-state index >= 15 is 0 Å². The molecule has 230 valence electrons. The van der Waals surface area contributed by atoms with Gasteiger partial charge in [0, 0.05) is 61.1 Å². The molecule has 3 fully saturated rings. The van der Waals surface area contributed by atoms with Crippen LogP contribution in [0.15, 0.2) is 53.3 Å². The first-order valence-corrected chi connectivity index (χ1v) is 16.2. The summed E-state index contributed by atoms with van der Waals surface area (Å²) in [5, 5.41) is 14.2. The SMILES string of the molecule is CC1CCC(=O)N(Cc2ccc(-c3ncno3)cc2Oc2ccc(-c3nnc(C(C)C)s3)cc2)C1.O=C1CCCN1C1CC1. The lowest BCUT2D eigenvalue weighted by Gasteiger charge is -2.31. The molecular weight excluding hydrogens is 576 g/mol. The molecule has 1 unspecified atom stereocenters. The number of benzene rings is 2. The van der Waals surface area contributed by atoms with Crippen LogP contribution >= 0.6 is 11.3 Å². The van der Waals surface area contributed by atoms with Crippen molar-refractivity contribution < 1.29 is 18.8 Å². The van der Waals surface area contributed by atoms with Gasteiger partial charge in [0.2, 0.25) is 11.8 Å². The van der Waals surface area contributed by atoms with Crippen LogP contribution in [0.4, 0.5) is 0 Å². The first-order chi connectivity index (χ1) is 21.3. The molecule has 2 saturated heterocycles. The molecule has 10 nitrogen and oxygen atoms in total. The molecule has 44 heavy (non-hydrogen) atoms. The molecule has 1 atom stereocenters. The summed E-state index contributed by atoms with van der Waals surface area (Å²) in [5.41, 5.74) is 2.67. The second kappa shape index (κ2) is 13.3. The number of amides is 2. The Bertz CT molecular complexity index is 1580. The quantitative estimate of drug-likeness (QED) is 0.215. The molecule has 3 aliphatic rings. The first kappa shape index (κ1) is 29.9. The number of piperidine rings is 1. The molecule has 0 N–H and O–H groups in total. The van der Waals surface area contributed by atoms with Gasteiger partial charge >= 0.3 is 0 Å². The number of carbonyl (C=O) groups is 2. The van der Waals surface area contributed by atoms with Crippen molar-refractivity contribution in [3.05, 3.63) is 59.4 Å². The Morgan fingerprint density at radius 3 is 2.45 bits per heavy atom. The Morgan fingerprint density at radius 1 is 1.00 bits per heavy atom. The highest BCUT2D eigenvalue weighted by molar-refractivity contribution is 7.14. The Labute approximate surface area is 261 Å². The Morgan fingerprint density at radius 2 is 1.80 bits per heavy atom. The van der Waals surface area contributed by atoms with E-state index in [4.69, 9.17) is 9.26 Å². The molecule has 1 saturated carbocycles. The van der Waals surface area contributed by atoms with Gasteiger partial charge in [-0.15, -0.1) is 10.2 Å². The lowest BCUT2D eigenvalue weighted by molar-refractivity contribution is -0.135. The van der Waals surface area contributed by atoms with E-state index in [0.717, 1.165) is 59.1 Å². The van der Waals surface area contributed by atoms with Crippen LogP contribution in [0, 0.1) is 5.92 Å². The van der Waals surface area contributed by atoms with Crippen molar-refractivity contribution in [1.29, 1.82) is 0 Å². The van der Waals surface area contributed by atoms with Crippen molar-refractivity contribution in [3.63, 3.8) is 0 Å². The smallest absolute Gasteiger partial charge is 0.257 e. The molecule has 4 aromatic rings. The molecule has 2 aromatic carbocycles. The highest BCUT2D eigenvalue weighted by Crippen LogP contribution is 2.34. The molecule has 0 radical (unpaired) electrons. The summed E-state index contributed by atoms with van der Waals surface area (Å²) < 4.78 is 11.6. The second-order valence-electron chi connectivity index (χ2n) is 12.1. The first-order valence-electron chi connectivity index (χ1n) is 15.4. The predicted octanol–water partition coefficient (Wildman–Crippen LogP) is 6.70. The van der Waals surface area contributed by atoms with E-state index in [1.165, 1.54) is 19.2 Å². The summed E-state index contributed by atoms with van der Waals surface area (Å²) in [6.07, 6.45) is 7.30. The van der Waals surface area contributed by atoms with Gasteiger partial charge in [0.15, 0.2) is 6.33 Å². The fourth-order valence-electron chi connectivity index (χ4n) is 5.49. The minimum Gasteiger partial charge on any atom is -0.457 e. The topological polar surface area (TPSA) is 115 Å². The van der Waals surface area contributed by atoms with Gasteiger partial charge in [-0.1, -0.05) is 43.3 Å². The minimum atomic E-state index is 0.178. The lowest BCUT2D eigenvalue weighted by Crippen LogP contribution is -2.38. The summed E-state index contributed by atoms with van der Waals surface area (Å²) in [5.74, 6) is 3.15. The number of likely N-dealkylation sites (tertiary alicyclic amines) is 2. The highest BCUT2D eigenvalue weighted by atomic mass is 32.1. The highest BCUT2D eigenvalue weighted by Gasteiger charge is 2.34. The van der Waals surface area contributed by atoms with Crippen LogP contribution < -0.4 is 4.74 Å². The summed E-state index contributed by atoms with van der Waals surface area (Å²) in [6.45, 7) is 8.67. The summed E-state index contributed by atoms with van der Waals surface area (Å²) in [7, 11) is 0. The van der Waals surface area contributed by atoms with Gasteiger partial charge in [-0.05, 0) is 68.0 Å². The molecule has 2 aliphatic heterocycles. The second-order valence-corrected chi connectivity index (χ2v) is 13.1. The number of hydrogen-bond acceptors (Lipinski definition) is 9. The van der Waals surface area contributed by atoms with Gasteiger partial charge in [-0.25, -0.2) is 0 Å². The van der Waals surface area contributed by atoms with E-state index in [1.807, 2.05) is 52.3 Å². The number of aromatic nitrogens is 4. The molecule has 4 heterocycles. The standard InChI is InChI=1S/C26H27N5O3S.C7H11NO/c1-16(2)25-29-30-26(35-25)18-7-9-21(10-8-18)33-22-12-19(24-27-15-28-34-24)5-6-20(22)14-31-13-17(3)4-11-23(31)32;9-7-2-1-5-8(7)6-3-4-6/h5-10,12,15-17H,4,11,13-14H2,1-3H3;6H,1-5H2. The number of hydrogen-bond donors (Lipinski definition) is 0. The Balaban J connectivity index is 0.000000323. The zero-order valence-corrected chi connectivity index (χ0v) is 26.3. The maximum absolute atomic E-state index is 12.5. The lowest BCUT2D eigenvalue weighted by atomic mass is 9.99. The fraction of sp³-hybridized carbons (Fsp3) is 0.455. The van der Waals surface area contributed by atoms with Crippen molar-refractivity contribution >= 4 is 23.2 Å². The largest absolute Gasteiger partial charge is 0.457 e. The summed E-state index contributed by atoms with van der Waals surface area (Å²) >= 11 is 1.60. The van der Waals surface area contributed by atoms with Crippen molar-refractivity contribution in [2.75, 3.05) is 13.1 Å². The van der Waals surface area contributed by atoms with Gasteiger partial charge in [-0.3, -0.25) is 9.59 Å². The van der Waals surface area contributed by atoms with Crippen molar-refractivity contribution in [2.24, 2.45) is 5.92 Å². The van der Waals surface area contributed by atoms with Gasteiger partial charge in [0.25, 0.3) is 5.89 Å². The number of ether oxygens (including phenoxy) is 1. The van der Waals surface area contributed by atoms with Crippen molar-refractivity contribution in [1.82, 2.24) is 30.1 Å². The van der Waals surface area contributed by atoms with Gasteiger partial charge < -0.3 is 19.1 Å². The summed E-state index contributed by atoms with van der Waals surface area (Å²) in [6, 6.07) is 14.2.